The van der Waals surface area contributed by atoms with Crippen LogP contribution in [-0.4, -0.2) is 57.7 Å². The minimum Gasteiger partial charge on any atom is -0.377 e. The lowest BCUT2D eigenvalue weighted by molar-refractivity contribution is -0.153. The summed E-state index contributed by atoms with van der Waals surface area (Å²) >= 11 is 0. The summed E-state index contributed by atoms with van der Waals surface area (Å²) in [6, 6.07) is -2.23. The van der Waals surface area contributed by atoms with Crippen molar-refractivity contribution in [1.82, 2.24) is 19.7 Å². The lowest BCUT2D eigenvalue weighted by atomic mass is 10.1. The van der Waals surface area contributed by atoms with Crippen molar-refractivity contribution < 1.29 is 26.8 Å². The Labute approximate surface area is 181 Å². The van der Waals surface area contributed by atoms with Gasteiger partial charge >= 0.3 is 6.18 Å². The molecule has 0 amide bonds. The van der Waals surface area contributed by atoms with Gasteiger partial charge in [0.2, 0.25) is 17.7 Å². The predicted octanol–water partition coefficient (Wildman–Crippen LogP) is 2.46. The normalized spacial score (nSPS) is 21.9. The summed E-state index contributed by atoms with van der Waals surface area (Å²) in [6.45, 7) is 5.53. The fraction of sp³-hybridized carbons (Fsp3) is 0.684. The molecule has 0 saturated carbocycles. The average Bonchev–Trinajstić information content (AvgIpc) is 3.20. The van der Waals surface area contributed by atoms with Crippen LogP contribution in [-0.2, 0) is 17.8 Å². The van der Waals surface area contributed by atoms with E-state index in [1.807, 2.05) is 13.8 Å². The Morgan fingerprint density at radius 2 is 1.97 bits per heavy atom. The van der Waals surface area contributed by atoms with Crippen molar-refractivity contribution in [2.75, 3.05) is 29.6 Å². The van der Waals surface area contributed by atoms with Crippen LogP contribution in [0.25, 0.3) is 0 Å². The number of morpholine rings is 1. The Kier molecular flexibility index (Phi) is 5.86. The van der Waals surface area contributed by atoms with Gasteiger partial charge in [-0.2, -0.15) is 27.5 Å². The van der Waals surface area contributed by atoms with Gasteiger partial charge in [0.25, 0.3) is 5.56 Å². The van der Waals surface area contributed by atoms with Gasteiger partial charge in [-0.15, -0.1) is 0 Å². The van der Waals surface area contributed by atoms with Crippen molar-refractivity contribution in [2.45, 2.75) is 64.5 Å². The number of hydrogen-bond acceptors (Lipinski definition) is 8. The van der Waals surface area contributed by atoms with E-state index in [0.29, 0.717) is 6.61 Å². The number of nitrogens with zero attached hydrogens (tertiary/aromatic N) is 6. The minimum atomic E-state index is -4.60. The molecule has 1 fully saturated rings. The number of ether oxygens (including phenoxy) is 1. The van der Waals surface area contributed by atoms with Crippen LogP contribution in [0.15, 0.2) is 9.32 Å². The zero-order valence-electron chi connectivity index (χ0n) is 17.9. The highest BCUT2D eigenvalue weighted by molar-refractivity contribution is 5.48. The number of halogens is 4. The molecule has 13 heteroatoms. The van der Waals surface area contributed by atoms with Gasteiger partial charge in [-0.3, -0.25) is 9.36 Å². The van der Waals surface area contributed by atoms with E-state index in [2.05, 4.69) is 15.1 Å². The number of alkyl halides is 3. The van der Waals surface area contributed by atoms with Gasteiger partial charge in [0, 0.05) is 19.0 Å². The first kappa shape index (κ1) is 22.5. The molecule has 176 valence electrons. The molecule has 4 heterocycles. The van der Waals surface area contributed by atoms with Gasteiger partial charge in [0.1, 0.15) is 6.04 Å². The summed E-state index contributed by atoms with van der Waals surface area (Å²) in [7, 11) is 0. The van der Waals surface area contributed by atoms with Crippen LogP contribution in [0.1, 0.15) is 44.8 Å². The molecule has 2 aliphatic rings. The Morgan fingerprint density at radius 3 is 2.59 bits per heavy atom. The van der Waals surface area contributed by atoms with Crippen molar-refractivity contribution in [3.8, 4) is 0 Å². The molecule has 32 heavy (non-hydrogen) atoms. The van der Waals surface area contributed by atoms with Crippen molar-refractivity contribution in [1.29, 1.82) is 0 Å². The van der Waals surface area contributed by atoms with E-state index in [1.165, 1.54) is 0 Å². The second kappa shape index (κ2) is 8.34. The maximum Gasteiger partial charge on any atom is 0.408 e. The second-order valence-electron chi connectivity index (χ2n) is 8.30. The standard InChI is InChI=1S/C19H24F4N6O3/c1-10(2)16-24-13(26-32-16)8-29-12(19(21,22)23)4-5-28-17(30)14(20)15(25-18(28)29)27-6-7-31-9-11(27)3/h10-12H,4-9H2,1-3H3/t11-,12+/m1/s1. The van der Waals surface area contributed by atoms with Gasteiger partial charge < -0.3 is 19.1 Å². The Balaban J connectivity index is 1.80. The van der Waals surface area contributed by atoms with E-state index in [4.69, 9.17) is 9.26 Å². The summed E-state index contributed by atoms with van der Waals surface area (Å²) in [5.41, 5.74) is -1.01. The van der Waals surface area contributed by atoms with Gasteiger partial charge in [-0.25, -0.2) is 0 Å². The summed E-state index contributed by atoms with van der Waals surface area (Å²) in [5.74, 6) is -1.43. The second-order valence-corrected chi connectivity index (χ2v) is 8.30. The highest BCUT2D eigenvalue weighted by Crippen LogP contribution is 2.36. The fourth-order valence-corrected chi connectivity index (χ4v) is 3.95. The van der Waals surface area contributed by atoms with Crippen molar-refractivity contribution in [3.05, 3.63) is 27.9 Å². The molecule has 1 saturated heterocycles. The van der Waals surface area contributed by atoms with E-state index in [1.54, 1.807) is 11.8 Å². The first-order valence-electron chi connectivity index (χ1n) is 10.4. The van der Waals surface area contributed by atoms with Crippen molar-refractivity contribution in [2.24, 2.45) is 0 Å². The largest absolute Gasteiger partial charge is 0.408 e. The predicted molar refractivity (Wildman–Crippen MR) is 105 cm³/mol. The van der Waals surface area contributed by atoms with E-state index in [9.17, 15) is 22.4 Å². The molecule has 0 N–H and O–H groups in total. The Morgan fingerprint density at radius 1 is 1.22 bits per heavy atom. The maximum atomic E-state index is 15.0. The zero-order chi connectivity index (χ0) is 23.2. The first-order chi connectivity index (χ1) is 15.1. The van der Waals surface area contributed by atoms with E-state index in [-0.39, 0.29) is 55.1 Å². The third kappa shape index (κ3) is 4.05. The molecule has 2 aromatic heterocycles. The Bertz CT molecular complexity index is 1040. The van der Waals surface area contributed by atoms with Crippen LogP contribution in [0.2, 0.25) is 0 Å². The molecule has 2 aliphatic heterocycles. The van der Waals surface area contributed by atoms with Gasteiger partial charge in [0.15, 0.2) is 11.6 Å². The first-order valence-corrected chi connectivity index (χ1v) is 10.4. The fourth-order valence-electron chi connectivity index (χ4n) is 3.95. The summed E-state index contributed by atoms with van der Waals surface area (Å²) in [6.07, 6.45) is -5.03. The molecule has 0 bridgehead atoms. The molecule has 9 nitrogen and oxygen atoms in total. The molecule has 2 aromatic rings. The molecule has 0 spiro atoms. The van der Waals surface area contributed by atoms with Crippen LogP contribution < -0.4 is 15.4 Å². The quantitative estimate of drug-likeness (QED) is 0.643. The minimum absolute atomic E-state index is 0.0243. The molecule has 0 aromatic carbocycles. The summed E-state index contributed by atoms with van der Waals surface area (Å²) in [4.78, 5) is 23.6. The lowest BCUT2D eigenvalue weighted by Gasteiger charge is -2.40. The van der Waals surface area contributed by atoms with E-state index < -0.39 is 36.6 Å². The molecule has 2 atom stereocenters. The van der Waals surface area contributed by atoms with Crippen molar-refractivity contribution >= 4 is 11.8 Å². The van der Waals surface area contributed by atoms with Crippen LogP contribution in [0.4, 0.5) is 29.3 Å². The summed E-state index contributed by atoms with van der Waals surface area (Å²) < 4.78 is 68.0. The number of hydrogen-bond donors (Lipinski definition) is 0. The number of fused-ring (bicyclic) bond motifs is 1. The average molecular weight is 460 g/mol. The number of rotatable bonds is 4. The van der Waals surface area contributed by atoms with E-state index >= 15 is 0 Å². The smallest absolute Gasteiger partial charge is 0.377 e. The highest BCUT2D eigenvalue weighted by Gasteiger charge is 2.48. The SMILES string of the molecule is CC(C)c1nc(CN2c3nc(N4CCOC[C@H]4C)c(F)c(=O)n3CC[C@H]2C(F)(F)F)no1. The number of aromatic nitrogens is 4. The third-order valence-corrected chi connectivity index (χ3v) is 5.64. The van der Waals surface area contributed by atoms with Gasteiger partial charge in [-0.05, 0) is 13.3 Å². The van der Waals surface area contributed by atoms with Gasteiger partial charge in [-0.1, -0.05) is 19.0 Å². The van der Waals surface area contributed by atoms with Crippen LogP contribution >= 0.6 is 0 Å². The van der Waals surface area contributed by atoms with Crippen molar-refractivity contribution in [3.63, 3.8) is 0 Å². The monoisotopic (exact) mass is 460 g/mol. The van der Waals surface area contributed by atoms with E-state index in [0.717, 1.165) is 9.47 Å². The van der Waals surface area contributed by atoms with Gasteiger partial charge in [0.05, 0.1) is 25.8 Å². The van der Waals surface area contributed by atoms with Crippen LogP contribution in [0.3, 0.4) is 0 Å². The summed E-state index contributed by atoms with van der Waals surface area (Å²) in [5, 5.41) is 3.77. The molecule has 0 aliphatic carbocycles. The molecule has 0 radical (unpaired) electrons. The molecular formula is C19H24F4N6O3. The number of anilines is 2. The maximum absolute atomic E-state index is 15.0. The Hall–Kier alpha value is -2.70. The topological polar surface area (TPSA) is 89.5 Å². The lowest BCUT2D eigenvalue weighted by Crippen LogP contribution is -2.53. The van der Waals surface area contributed by atoms with Crippen LogP contribution in [0.5, 0.6) is 0 Å². The van der Waals surface area contributed by atoms with Crippen LogP contribution in [0, 0.1) is 5.82 Å². The highest BCUT2D eigenvalue weighted by atomic mass is 19.4. The molecule has 0 unspecified atom stereocenters. The molecular weight excluding hydrogens is 436 g/mol. The third-order valence-electron chi connectivity index (χ3n) is 5.64. The molecule has 4 rings (SSSR count). The zero-order valence-corrected chi connectivity index (χ0v) is 17.9.